The van der Waals surface area contributed by atoms with E-state index in [1.54, 1.807) is 14.2 Å². The van der Waals surface area contributed by atoms with Crippen molar-refractivity contribution < 1.29 is 14.2 Å². The first-order chi connectivity index (χ1) is 15.3. The lowest BCUT2D eigenvalue weighted by molar-refractivity contribution is 0.122. The maximum Gasteiger partial charge on any atom is 0.228 e. The summed E-state index contributed by atoms with van der Waals surface area (Å²) >= 11 is 0. The van der Waals surface area contributed by atoms with Crippen LogP contribution in [-0.2, 0) is 11.2 Å². The van der Waals surface area contributed by atoms with E-state index in [0.717, 1.165) is 66.1 Å². The van der Waals surface area contributed by atoms with Crippen molar-refractivity contribution in [1.29, 1.82) is 0 Å². The fraction of sp³-hybridized carbons (Fsp3) is 0.348. The van der Waals surface area contributed by atoms with Crippen LogP contribution in [0.3, 0.4) is 0 Å². The molecule has 0 N–H and O–H groups in total. The Morgan fingerprint density at radius 1 is 0.968 bits per heavy atom. The van der Waals surface area contributed by atoms with Gasteiger partial charge in [-0.2, -0.15) is 4.98 Å². The van der Waals surface area contributed by atoms with E-state index in [1.165, 1.54) is 0 Å². The first kappa shape index (κ1) is 19.6. The number of methoxy groups -OCH3 is 2. The minimum Gasteiger partial charge on any atom is -0.497 e. The van der Waals surface area contributed by atoms with E-state index in [9.17, 15) is 0 Å². The molecule has 5 rings (SSSR count). The molecule has 0 unspecified atom stereocenters. The van der Waals surface area contributed by atoms with Gasteiger partial charge in [0, 0.05) is 36.8 Å². The molecular formula is C23H25N5O3. The van der Waals surface area contributed by atoms with E-state index in [2.05, 4.69) is 20.9 Å². The van der Waals surface area contributed by atoms with Crippen molar-refractivity contribution in [3.05, 3.63) is 48.2 Å². The SMILES string of the molecule is COc1cccc(-c2nc(N3CCOCC3)nc3c2CCN3c2ccc(OC)nc2)c1. The molecule has 0 bridgehead atoms. The Morgan fingerprint density at radius 2 is 1.84 bits per heavy atom. The fourth-order valence-corrected chi connectivity index (χ4v) is 4.06. The van der Waals surface area contributed by atoms with E-state index in [0.29, 0.717) is 19.1 Å². The largest absolute Gasteiger partial charge is 0.497 e. The standard InChI is InChI=1S/C23H25N5O3/c1-29-18-5-3-4-16(14-18)21-19-8-9-28(17-6-7-20(30-2)24-15-17)22(19)26-23(25-21)27-10-12-31-13-11-27/h3-7,14-15H,8-13H2,1-2H3. The molecule has 31 heavy (non-hydrogen) atoms. The van der Waals surface area contributed by atoms with Crippen molar-refractivity contribution in [3.8, 4) is 22.9 Å². The number of ether oxygens (including phenoxy) is 3. The van der Waals surface area contributed by atoms with Crippen LogP contribution in [0, 0.1) is 0 Å². The lowest BCUT2D eigenvalue weighted by atomic mass is 10.1. The minimum atomic E-state index is 0.594. The average molecular weight is 419 g/mol. The quantitative estimate of drug-likeness (QED) is 0.625. The molecule has 1 fully saturated rings. The molecule has 1 saturated heterocycles. The normalized spacial score (nSPS) is 15.7. The smallest absolute Gasteiger partial charge is 0.228 e. The average Bonchev–Trinajstić information content (AvgIpc) is 3.28. The molecule has 4 heterocycles. The zero-order valence-electron chi connectivity index (χ0n) is 17.7. The Labute approximate surface area is 181 Å². The number of fused-ring (bicyclic) bond motifs is 1. The summed E-state index contributed by atoms with van der Waals surface area (Å²) in [5, 5.41) is 0. The van der Waals surface area contributed by atoms with Gasteiger partial charge >= 0.3 is 0 Å². The number of aromatic nitrogens is 3. The zero-order chi connectivity index (χ0) is 21.2. The van der Waals surface area contributed by atoms with Gasteiger partial charge in [0.05, 0.1) is 45.0 Å². The number of benzene rings is 1. The summed E-state index contributed by atoms with van der Waals surface area (Å²) in [6.07, 6.45) is 2.69. The fourth-order valence-electron chi connectivity index (χ4n) is 4.06. The Kier molecular flexibility index (Phi) is 5.30. The van der Waals surface area contributed by atoms with Crippen molar-refractivity contribution >= 4 is 17.5 Å². The molecule has 3 aromatic rings. The van der Waals surface area contributed by atoms with Gasteiger partial charge in [0.25, 0.3) is 0 Å². The van der Waals surface area contributed by atoms with Crippen LogP contribution >= 0.6 is 0 Å². The topological polar surface area (TPSA) is 72.8 Å². The summed E-state index contributed by atoms with van der Waals surface area (Å²) < 4.78 is 16.2. The highest BCUT2D eigenvalue weighted by atomic mass is 16.5. The zero-order valence-corrected chi connectivity index (χ0v) is 17.7. The summed E-state index contributed by atoms with van der Waals surface area (Å²) in [5.41, 5.74) is 4.11. The lowest BCUT2D eigenvalue weighted by Gasteiger charge is -2.28. The highest BCUT2D eigenvalue weighted by Crippen LogP contribution is 2.39. The predicted octanol–water partition coefficient (Wildman–Crippen LogP) is 3.09. The molecule has 8 nitrogen and oxygen atoms in total. The van der Waals surface area contributed by atoms with Crippen LogP contribution in [0.5, 0.6) is 11.6 Å². The Bertz CT molecular complexity index is 1070. The van der Waals surface area contributed by atoms with E-state index >= 15 is 0 Å². The first-order valence-corrected chi connectivity index (χ1v) is 10.4. The number of anilines is 3. The van der Waals surface area contributed by atoms with Gasteiger partial charge in [0.15, 0.2) is 0 Å². The summed E-state index contributed by atoms with van der Waals surface area (Å²) in [6, 6.07) is 11.9. The van der Waals surface area contributed by atoms with Crippen LogP contribution in [0.4, 0.5) is 17.5 Å². The van der Waals surface area contributed by atoms with Gasteiger partial charge in [-0.05, 0) is 24.6 Å². The van der Waals surface area contributed by atoms with Gasteiger partial charge in [-0.3, -0.25) is 0 Å². The molecule has 0 amide bonds. The molecular weight excluding hydrogens is 394 g/mol. The third-order valence-electron chi connectivity index (χ3n) is 5.69. The molecule has 2 aromatic heterocycles. The van der Waals surface area contributed by atoms with Gasteiger partial charge in [-0.15, -0.1) is 0 Å². The highest BCUT2D eigenvalue weighted by molar-refractivity contribution is 5.77. The van der Waals surface area contributed by atoms with E-state index < -0.39 is 0 Å². The monoisotopic (exact) mass is 419 g/mol. The predicted molar refractivity (Wildman–Crippen MR) is 119 cm³/mol. The van der Waals surface area contributed by atoms with E-state index in [-0.39, 0.29) is 0 Å². The molecule has 0 radical (unpaired) electrons. The maximum atomic E-state index is 5.53. The first-order valence-electron chi connectivity index (χ1n) is 10.4. The Morgan fingerprint density at radius 3 is 2.58 bits per heavy atom. The van der Waals surface area contributed by atoms with Crippen LogP contribution in [0.1, 0.15) is 5.56 Å². The van der Waals surface area contributed by atoms with Crippen molar-refractivity contribution in [1.82, 2.24) is 15.0 Å². The second kappa shape index (κ2) is 8.39. The summed E-state index contributed by atoms with van der Waals surface area (Å²) in [4.78, 5) is 18.8. The second-order valence-electron chi connectivity index (χ2n) is 7.47. The Hall–Kier alpha value is -3.39. The van der Waals surface area contributed by atoms with Crippen molar-refractivity contribution in [2.75, 3.05) is 56.9 Å². The highest BCUT2D eigenvalue weighted by Gasteiger charge is 2.29. The summed E-state index contributed by atoms with van der Waals surface area (Å²) in [5.74, 6) is 3.07. The molecule has 2 aliphatic rings. The van der Waals surface area contributed by atoms with Crippen LogP contribution in [0.2, 0.25) is 0 Å². The second-order valence-corrected chi connectivity index (χ2v) is 7.47. The third kappa shape index (κ3) is 3.74. The molecule has 2 aliphatic heterocycles. The van der Waals surface area contributed by atoms with E-state index in [1.807, 2.05) is 36.5 Å². The van der Waals surface area contributed by atoms with Crippen molar-refractivity contribution in [2.24, 2.45) is 0 Å². The molecule has 1 aromatic carbocycles. The third-order valence-corrected chi connectivity index (χ3v) is 5.69. The maximum absolute atomic E-state index is 5.53. The molecule has 8 heteroatoms. The number of nitrogens with zero attached hydrogens (tertiary/aromatic N) is 5. The summed E-state index contributed by atoms with van der Waals surface area (Å²) in [6.45, 7) is 3.74. The van der Waals surface area contributed by atoms with Crippen LogP contribution in [-0.4, -0.2) is 62.0 Å². The van der Waals surface area contributed by atoms with Gasteiger partial charge in [0.1, 0.15) is 11.6 Å². The summed E-state index contributed by atoms with van der Waals surface area (Å²) in [7, 11) is 3.30. The van der Waals surface area contributed by atoms with Crippen LogP contribution in [0.15, 0.2) is 42.6 Å². The minimum absolute atomic E-state index is 0.594. The molecule has 0 atom stereocenters. The van der Waals surface area contributed by atoms with Gasteiger partial charge < -0.3 is 24.0 Å². The van der Waals surface area contributed by atoms with Crippen molar-refractivity contribution in [2.45, 2.75) is 6.42 Å². The van der Waals surface area contributed by atoms with Gasteiger partial charge in [0.2, 0.25) is 11.8 Å². The van der Waals surface area contributed by atoms with Gasteiger partial charge in [-0.25, -0.2) is 9.97 Å². The van der Waals surface area contributed by atoms with Crippen LogP contribution in [0.25, 0.3) is 11.3 Å². The molecule has 160 valence electrons. The number of morpholine rings is 1. The number of rotatable bonds is 5. The van der Waals surface area contributed by atoms with Crippen molar-refractivity contribution in [3.63, 3.8) is 0 Å². The molecule has 0 aliphatic carbocycles. The van der Waals surface area contributed by atoms with Crippen LogP contribution < -0.4 is 19.3 Å². The lowest BCUT2D eigenvalue weighted by Crippen LogP contribution is -2.37. The Balaban J connectivity index is 1.62. The number of pyridine rings is 1. The number of hydrogen-bond acceptors (Lipinski definition) is 8. The van der Waals surface area contributed by atoms with E-state index in [4.69, 9.17) is 24.2 Å². The van der Waals surface area contributed by atoms with Gasteiger partial charge in [-0.1, -0.05) is 12.1 Å². The molecule has 0 saturated carbocycles. The molecule has 0 spiro atoms. The number of hydrogen-bond donors (Lipinski definition) is 0.